The van der Waals surface area contributed by atoms with Crippen LogP contribution < -0.4 is 5.32 Å². The predicted molar refractivity (Wildman–Crippen MR) is 127 cm³/mol. The number of aromatic nitrogens is 1. The lowest BCUT2D eigenvalue weighted by Crippen LogP contribution is -2.16. The molecule has 2 aromatic carbocycles. The number of pyridine rings is 1. The Hall–Kier alpha value is -3.48. The molecule has 1 aliphatic carbocycles. The molecular weight excluding hydrogens is 439 g/mol. The van der Waals surface area contributed by atoms with Crippen molar-refractivity contribution in [1.29, 1.82) is 0 Å². The van der Waals surface area contributed by atoms with Gasteiger partial charge in [0.05, 0.1) is 29.1 Å². The summed E-state index contributed by atoms with van der Waals surface area (Å²) in [6.07, 6.45) is 0.563. The third-order valence-corrected chi connectivity index (χ3v) is 6.21. The standard InChI is InChI=1S/C27H24F3N3O/c1-2-4-18-12-24-25(13-21(18)27(28,29)30)33-26(34)14-23(32-24)19-6-3-5-17(11-19)20-9-10-22(31-15-20)16-7-8-16/h3,5-6,9-13,15-16H,2,4,7-8,14H2,1H3,(H,33,34). The number of nitrogens with one attached hydrogen (secondary N) is 1. The van der Waals surface area contributed by atoms with E-state index < -0.39 is 17.6 Å². The Bertz CT molecular complexity index is 1280. The van der Waals surface area contributed by atoms with Crippen molar-refractivity contribution in [3.63, 3.8) is 0 Å². The zero-order valence-corrected chi connectivity index (χ0v) is 18.7. The number of carbonyl (C=O) groups is 1. The lowest BCUT2D eigenvalue weighted by molar-refractivity contribution is -0.138. The summed E-state index contributed by atoms with van der Waals surface area (Å²) >= 11 is 0. The lowest BCUT2D eigenvalue weighted by atomic mass is 9.99. The molecule has 174 valence electrons. The first kappa shape index (κ1) is 22.3. The van der Waals surface area contributed by atoms with Gasteiger partial charge in [0.15, 0.2) is 0 Å². The molecule has 2 aliphatic rings. The maximum Gasteiger partial charge on any atom is 0.416 e. The van der Waals surface area contributed by atoms with Gasteiger partial charge in [-0.25, -0.2) is 0 Å². The van der Waals surface area contributed by atoms with Gasteiger partial charge in [0.25, 0.3) is 0 Å². The maximum atomic E-state index is 13.6. The number of aryl methyl sites for hydroxylation is 1. The number of benzene rings is 2. The zero-order valence-electron chi connectivity index (χ0n) is 18.7. The number of amides is 1. The van der Waals surface area contributed by atoms with Crippen LogP contribution in [-0.2, 0) is 17.4 Å². The van der Waals surface area contributed by atoms with Crippen molar-refractivity contribution >= 4 is 23.0 Å². The highest BCUT2D eigenvalue weighted by molar-refractivity contribution is 6.17. The van der Waals surface area contributed by atoms with Gasteiger partial charge >= 0.3 is 6.18 Å². The number of alkyl halides is 3. The third kappa shape index (κ3) is 4.60. The van der Waals surface area contributed by atoms with E-state index >= 15 is 0 Å². The Labute approximate surface area is 196 Å². The molecule has 1 fully saturated rings. The predicted octanol–water partition coefficient (Wildman–Crippen LogP) is 7.06. The number of nitrogens with zero attached hydrogens (tertiary/aromatic N) is 2. The van der Waals surface area contributed by atoms with Crippen LogP contribution in [0.15, 0.2) is 59.7 Å². The first-order valence-electron chi connectivity index (χ1n) is 11.5. The number of carbonyl (C=O) groups excluding carboxylic acids is 1. The molecule has 1 aromatic heterocycles. The van der Waals surface area contributed by atoms with Crippen LogP contribution in [0.3, 0.4) is 0 Å². The van der Waals surface area contributed by atoms with Crippen molar-refractivity contribution in [3.8, 4) is 11.1 Å². The average molecular weight is 464 g/mol. The van der Waals surface area contributed by atoms with Crippen LogP contribution >= 0.6 is 0 Å². The van der Waals surface area contributed by atoms with E-state index in [1.54, 1.807) is 0 Å². The molecule has 1 aliphatic heterocycles. The van der Waals surface area contributed by atoms with Crippen LogP contribution in [0, 0.1) is 0 Å². The molecule has 1 N–H and O–H groups in total. The van der Waals surface area contributed by atoms with Crippen molar-refractivity contribution in [1.82, 2.24) is 4.98 Å². The van der Waals surface area contributed by atoms with E-state index in [2.05, 4.69) is 21.4 Å². The Morgan fingerprint density at radius 2 is 1.82 bits per heavy atom. The number of aliphatic imine (C=N–C) groups is 1. The highest BCUT2D eigenvalue weighted by Gasteiger charge is 2.34. The molecule has 0 atom stereocenters. The molecular formula is C27H24F3N3O. The molecule has 3 aromatic rings. The molecule has 34 heavy (non-hydrogen) atoms. The Kier molecular flexibility index (Phi) is 5.71. The van der Waals surface area contributed by atoms with E-state index in [-0.39, 0.29) is 24.1 Å². The van der Waals surface area contributed by atoms with E-state index in [0.717, 1.165) is 28.5 Å². The Morgan fingerprint density at radius 1 is 1.03 bits per heavy atom. The van der Waals surface area contributed by atoms with Crippen LogP contribution in [0.4, 0.5) is 24.5 Å². The molecule has 0 radical (unpaired) electrons. The van der Waals surface area contributed by atoms with Crippen molar-refractivity contribution < 1.29 is 18.0 Å². The van der Waals surface area contributed by atoms with Crippen molar-refractivity contribution in [3.05, 3.63) is 77.1 Å². The van der Waals surface area contributed by atoms with Crippen molar-refractivity contribution in [2.75, 3.05) is 5.32 Å². The quantitative estimate of drug-likeness (QED) is 0.440. The zero-order chi connectivity index (χ0) is 23.9. The number of hydrogen-bond acceptors (Lipinski definition) is 3. The number of hydrogen-bond donors (Lipinski definition) is 1. The summed E-state index contributed by atoms with van der Waals surface area (Å²) in [6, 6.07) is 14.2. The fourth-order valence-corrected chi connectivity index (χ4v) is 4.34. The number of rotatable bonds is 5. The first-order valence-corrected chi connectivity index (χ1v) is 11.5. The van der Waals surface area contributed by atoms with Gasteiger partial charge in [0.1, 0.15) is 0 Å². The molecule has 0 spiro atoms. The molecule has 4 nitrogen and oxygen atoms in total. The van der Waals surface area contributed by atoms with Crippen LogP contribution in [0.5, 0.6) is 0 Å². The van der Waals surface area contributed by atoms with Gasteiger partial charge in [-0.15, -0.1) is 0 Å². The van der Waals surface area contributed by atoms with Crippen LogP contribution in [0.2, 0.25) is 0 Å². The molecule has 0 saturated heterocycles. The number of halogens is 3. The minimum absolute atomic E-state index is 0.0263. The van der Waals surface area contributed by atoms with Crippen LogP contribution in [0.25, 0.3) is 11.1 Å². The molecule has 0 unspecified atom stereocenters. The average Bonchev–Trinajstić information content (AvgIpc) is 3.66. The van der Waals surface area contributed by atoms with E-state index in [9.17, 15) is 18.0 Å². The van der Waals surface area contributed by atoms with Gasteiger partial charge in [-0.2, -0.15) is 13.2 Å². The summed E-state index contributed by atoms with van der Waals surface area (Å²) in [5, 5.41) is 2.61. The van der Waals surface area contributed by atoms with Gasteiger partial charge in [-0.1, -0.05) is 37.6 Å². The third-order valence-electron chi connectivity index (χ3n) is 6.21. The Balaban J connectivity index is 1.53. The van der Waals surface area contributed by atoms with Crippen LogP contribution in [-0.4, -0.2) is 16.6 Å². The normalized spacial score (nSPS) is 15.9. The summed E-state index contributed by atoms with van der Waals surface area (Å²) in [5.41, 5.74) is 4.18. The second kappa shape index (κ2) is 8.70. The monoisotopic (exact) mass is 463 g/mol. The van der Waals surface area contributed by atoms with Gasteiger partial charge in [0, 0.05) is 23.4 Å². The fourth-order valence-electron chi connectivity index (χ4n) is 4.34. The maximum absolute atomic E-state index is 13.6. The minimum Gasteiger partial charge on any atom is -0.324 e. The summed E-state index contributed by atoms with van der Waals surface area (Å²) in [7, 11) is 0. The van der Waals surface area contributed by atoms with Crippen molar-refractivity contribution in [2.45, 2.75) is 51.1 Å². The number of fused-ring (bicyclic) bond motifs is 1. The van der Waals surface area contributed by atoms with Gasteiger partial charge in [0.2, 0.25) is 5.91 Å². The van der Waals surface area contributed by atoms with E-state index in [1.807, 2.05) is 43.5 Å². The molecule has 7 heteroatoms. The largest absolute Gasteiger partial charge is 0.416 e. The SMILES string of the molecule is CCCc1cc2c(cc1C(F)(F)F)NC(=O)CC(c1cccc(-c3ccc(C4CC4)nc3)c1)=N2. The van der Waals surface area contributed by atoms with Gasteiger partial charge in [-0.05, 0) is 60.2 Å². The van der Waals surface area contributed by atoms with Crippen molar-refractivity contribution in [2.24, 2.45) is 4.99 Å². The topological polar surface area (TPSA) is 54.4 Å². The number of anilines is 1. The molecule has 1 amide bonds. The summed E-state index contributed by atoms with van der Waals surface area (Å²) < 4.78 is 40.8. The van der Waals surface area contributed by atoms with E-state index in [1.165, 1.54) is 18.9 Å². The molecule has 2 heterocycles. The lowest BCUT2D eigenvalue weighted by Gasteiger charge is -2.16. The highest BCUT2D eigenvalue weighted by Crippen LogP contribution is 2.41. The van der Waals surface area contributed by atoms with Gasteiger partial charge < -0.3 is 5.32 Å². The van der Waals surface area contributed by atoms with Crippen LogP contribution in [0.1, 0.15) is 60.9 Å². The van der Waals surface area contributed by atoms with Gasteiger partial charge in [-0.3, -0.25) is 14.8 Å². The van der Waals surface area contributed by atoms with E-state index in [0.29, 0.717) is 23.7 Å². The minimum atomic E-state index is -4.50. The summed E-state index contributed by atoms with van der Waals surface area (Å²) in [6.45, 7) is 1.83. The summed E-state index contributed by atoms with van der Waals surface area (Å²) in [4.78, 5) is 21.8. The second-order valence-electron chi connectivity index (χ2n) is 8.88. The summed E-state index contributed by atoms with van der Waals surface area (Å²) in [5.74, 6) is 0.185. The Morgan fingerprint density at radius 3 is 2.50 bits per heavy atom. The smallest absolute Gasteiger partial charge is 0.324 e. The second-order valence-corrected chi connectivity index (χ2v) is 8.88. The van der Waals surface area contributed by atoms with E-state index in [4.69, 9.17) is 0 Å². The molecule has 5 rings (SSSR count). The first-order chi connectivity index (χ1) is 16.3. The fraction of sp³-hybridized carbons (Fsp3) is 0.296. The molecule has 0 bridgehead atoms. The molecule has 1 saturated carbocycles. The highest BCUT2D eigenvalue weighted by atomic mass is 19.4.